The van der Waals surface area contributed by atoms with Gasteiger partial charge in [-0.2, -0.15) is 0 Å². The molecular weight excluding hydrogens is 228 g/mol. The van der Waals surface area contributed by atoms with Crippen LogP contribution in [0.5, 0.6) is 0 Å². The molecule has 2 heterocycles. The van der Waals surface area contributed by atoms with Crippen LogP contribution in [0.4, 0.5) is 0 Å². The van der Waals surface area contributed by atoms with Crippen molar-refractivity contribution in [2.24, 2.45) is 5.92 Å². The third kappa shape index (κ3) is 3.23. The zero-order valence-corrected chi connectivity index (χ0v) is 11.6. The molecule has 2 fully saturated rings. The number of piperidine rings is 1. The Bertz CT molecular complexity index is 294. The van der Waals surface area contributed by atoms with Crippen LogP contribution < -0.4 is 0 Å². The molecule has 104 valence electrons. The number of rotatable bonds is 5. The molecule has 4 heteroatoms. The molecule has 1 N–H and O–H groups in total. The van der Waals surface area contributed by atoms with Crippen molar-refractivity contribution in [2.75, 3.05) is 26.2 Å². The molecule has 2 aliphatic rings. The lowest BCUT2D eigenvalue weighted by atomic mass is 9.97. The van der Waals surface area contributed by atoms with Crippen molar-refractivity contribution in [1.29, 1.82) is 0 Å². The molecule has 2 aliphatic heterocycles. The van der Waals surface area contributed by atoms with Gasteiger partial charge in [-0.15, -0.1) is 0 Å². The molecule has 0 aromatic rings. The second kappa shape index (κ2) is 6.02. The Morgan fingerprint density at radius 3 is 2.78 bits per heavy atom. The molecule has 0 radical (unpaired) electrons. The van der Waals surface area contributed by atoms with Crippen LogP contribution in [-0.2, 0) is 4.79 Å². The molecule has 2 atom stereocenters. The fraction of sp³-hybridized carbons (Fsp3) is 0.929. The molecule has 0 saturated carbocycles. The summed E-state index contributed by atoms with van der Waals surface area (Å²) in [6.45, 7) is 7.81. The first-order chi connectivity index (χ1) is 8.58. The number of fused-ring (bicyclic) bond motifs is 1. The van der Waals surface area contributed by atoms with E-state index in [9.17, 15) is 4.79 Å². The van der Waals surface area contributed by atoms with Crippen LogP contribution in [0.15, 0.2) is 0 Å². The highest BCUT2D eigenvalue weighted by Crippen LogP contribution is 2.30. The molecule has 0 spiro atoms. The maximum absolute atomic E-state index is 11.1. The summed E-state index contributed by atoms with van der Waals surface area (Å²) < 4.78 is 0. The molecule has 0 aromatic heterocycles. The van der Waals surface area contributed by atoms with E-state index in [2.05, 4.69) is 23.6 Å². The number of nitrogens with zero attached hydrogens (tertiary/aromatic N) is 2. The predicted octanol–water partition coefficient (Wildman–Crippen LogP) is 1.66. The minimum Gasteiger partial charge on any atom is -0.480 e. The largest absolute Gasteiger partial charge is 0.480 e. The van der Waals surface area contributed by atoms with Gasteiger partial charge < -0.3 is 5.11 Å². The predicted molar refractivity (Wildman–Crippen MR) is 71.7 cm³/mol. The number of carboxylic acid groups (broad SMARTS) is 1. The molecule has 4 nitrogen and oxygen atoms in total. The molecule has 0 bridgehead atoms. The summed E-state index contributed by atoms with van der Waals surface area (Å²) >= 11 is 0. The number of carbonyl (C=O) groups is 1. The first-order valence-electron chi connectivity index (χ1n) is 7.28. The molecule has 0 aliphatic carbocycles. The summed E-state index contributed by atoms with van der Waals surface area (Å²) in [7, 11) is 0. The number of hydrogen-bond donors (Lipinski definition) is 1. The second-order valence-corrected chi connectivity index (χ2v) is 6.17. The van der Waals surface area contributed by atoms with E-state index in [1.54, 1.807) is 0 Å². The van der Waals surface area contributed by atoms with Crippen LogP contribution in [0.1, 0.15) is 39.5 Å². The Kier molecular flexibility index (Phi) is 4.62. The summed E-state index contributed by atoms with van der Waals surface area (Å²) in [5, 5.41) is 9.10. The van der Waals surface area contributed by atoms with Crippen LogP contribution in [0.25, 0.3) is 0 Å². The van der Waals surface area contributed by atoms with Gasteiger partial charge in [0.1, 0.15) is 0 Å². The van der Waals surface area contributed by atoms with Gasteiger partial charge in [0.05, 0.1) is 6.54 Å². The summed E-state index contributed by atoms with van der Waals surface area (Å²) in [4.78, 5) is 15.8. The van der Waals surface area contributed by atoms with Crippen molar-refractivity contribution < 1.29 is 9.90 Å². The lowest BCUT2D eigenvalue weighted by molar-refractivity contribution is -0.139. The molecule has 0 aromatic carbocycles. The van der Waals surface area contributed by atoms with E-state index in [0.717, 1.165) is 19.5 Å². The highest BCUT2D eigenvalue weighted by molar-refractivity contribution is 5.69. The Labute approximate surface area is 110 Å². The van der Waals surface area contributed by atoms with Gasteiger partial charge in [-0.05, 0) is 31.7 Å². The lowest BCUT2D eigenvalue weighted by Crippen LogP contribution is -2.49. The van der Waals surface area contributed by atoms with Crippen molar-refractivity contribution in [2.45, 2.75) is 51.6 Å². The quantitative estimate of drug-likeness (QED) is 0.810. The van der Waals surface area contributed by atoms with Crippen LogP contribution in [0, 0.1) is 5.92 Å². The zero-order valence-electron chi connectivity index (χ0n) is 11.6. The van der Waals surface area contributed by atoms with Crippen molar-refractivity contribution in [3.05, 3.63) is 0 Å². The van der Waals surface area contributed by atoms with Gasteiger partial charge in [0.25, 0.3) is 0 Å². The van der Waals surface area contributed by atoms with Crippen molar-refractivity contribution in [3.63, 3.8) is 0 Å². The van der Waals surface area contributed by atoms with E-state index in [1.165, 1.54) is 25.8 Å². The first kappa shape index (κ1) is 13.8. The highest BCUT2D eigenvalue weighted by Gasteiger charge is 2.39. The van der Waals surface area contributed by atoms with Crippen LogP contribution in [0.2, 0.25) is 0 Å². The van der Waals surface area contributed by atoms with E-state index in [0.29, 0.717) is 18.0 Å². The average molecular weight is 254 g/mol. The zero-order chi connectivity index (χ0) is 13.1. The maximum Gasteiger partial charge on any atom is 0.317 e. The smallest absolute Gasteiger partial charge is 0.317 e. The van der Waals surface area contributed by atoms with Gasteiger partial charge >= 0.3 is 5.97 Å². The third-order valence-corrected chi connectivity index (χ3v) is 4.23. The summed E-state index contributed by atoms with van der Waals surface area (Å²) in [6, 6.07) is 1.07. The molecule has 18 heavy (non-hydrogen) atoms. The van der Waals surface area contributed by atoms with E-state index in [1.807, 2.05) is 0 Å². The molecule has 0 amide bonds. The topological polar surface area (TPSA) is 43.8 Å². The molecule has 2 unspecified atom stereocenters. The number of carboxylic acids is 1. The van der Waals surface area contributed by atoms with Crippen molar-refractivity contribution in [3.8, 4) is 0 Å². The summed E-state index contributed by atoms with van der Waals surface area (Å²) in [6.07, 6.45) is 5.01. The molecule has 2 saturated heterocycles. The minimum absolute atomic E-state index is 0.202. The van der Waals surface area contributed by atoms with Gasteiger partial charge in [-0.25, -0.2) is 0 Å². The number of aliphatic carboxylic acids is 1. The van der Waals surface area contributed by atoms with Gasteiger partial charge in [0.15, 0.2) is 0 Å². The lowest BCUT2D eigenvalue weighted by Gasteiger charge is -2.37. The summed E-state index contributed by atoms with van der Waals surface area (Å²) in [5.74, 6) is -0.160. The SMILES string of the molecule is CC(C)CN(CC(=O)O)C1CCN2CCCCC12. The average Bonchev–Trinajstić information content (AvgIpc) is 2.70. The Balaban J connectivity index is 2.02. The van der Waals surface area contributed by atoms with Crippen LogP contribution >= 0.6 is 0 Å². The molecule has 2 rings (SSSR count). The van der Waals surface area contributed by atoms with Gasteiger partial charge in [-0.3, -0.25) is 14.6 Å². The fourth-order valence-corrected chi connectivity index (χ4v) is 3.61. The highest BCUT2D eigenvalue weighted by atomic mass is 16.4. The number of hydrogen-bond acceptors (Lipinski definition) is 3. The Hall–Kier alpha value is -0.610. The maximum atomic E-state index is 11.1. The standard InChI is InChI=1S/C14H26N2O2/c1-11(2)9-16(10-14(17)18)13-6-8-15-7-4-3-5-12(13)15/h11-13H,3-10H2,1-2H3,(H,17,18). The van der Waals surface area contributed by atoms with Crippen molar-refractivity contribution >= 4 is 5.97 Å². The van der Waals surface area contributed by atoms with E-state index in [4.69, 9.17) is 5.11 Å². The van der Waals surface area contributed by atoms with E-state index < -0.39 is 5.97 Å². The first-order valence-corrected chi connectivity index (χ1v) is 7.28. The Morgan fingerprint density at radius 1 is 1.33 bits per heavy atom. The summed E-state index contributed by atoms with van der Waals surface area (Å²) in [5.41, 5.74) is 0. The Morgan fingerprint density at radius 2 is 2.11 bits per heavy atom. The van der Waals surface area contributed by atoms with Gasteiger partial charge in [-0.1, -0.05) is 20.3 Å². The second-order valence-electron chi connectivity index (χ2n) is 6.17. The van der Waals surface area contributed by atoms with Gasteiger partial charge in [0.2, 0.25) is 0 Å². The minimum atomic E-state index is -0.690. The van der Waals surface area contributed by atoms with Crippen LogP contribution in [-0.4, -0.2) is 59.1 Å². The fourth-order valence-electron chi connectivity index (χ4n) is 3.61. The van der Waals surface area contributed by atoms with E-state index in [-0.39, 0.29) is 6.54 Å². The normalized spacial score (nSPS) is 28.9. The van der Waals surface area contributed by atoms with Crippen LogP contribution in [0.3, 0.4) is 0 Å². The molecular formula is C14H26N2O2. The monoisotopic (exact) mass is 254 g/mol. The van der Waals surface area contributed by atoms with Crippen molar-refractivity contribution in [1.82, 2.24) is 9.80 Å². The van der Waals surface area contributed by atoms with Gasteiger partial charge in [0, 0.05) is 25.2 Å². The van der Waals surface area contributed by atoms with E-state index >= 15 is 0 Å². The third-order valence-electron chi connectivity index (χ3n) is 4.23.